The summed E-state index contributed by atoms with van der Waals surface area (Å²) in [6, 6.07) is 8.25. The van der Waals surface area contributed by atoms with E-state index in [4.69, 9.17) is 5.11 Å². The largest absolute Gasteiger partial charge is 0.394 e. The van der Waals surface area contributed by atoms with Crippen molar-refractivity contribution in [3.8, 4) is 0 Å². The molecule has 1 N–H and O–H groups in total. The van der Waals surface area contributed by atoms with Crippen molar-refractivity contribution in [2.75, 3.05) is 31.6 Å². The number of hydrogen-bond acceptors (Lipinski definition) is 4. The monoisotopic (exact) mass is 313 g/mol. The number of allylic oxidation sites excluding steroid dienone is 2. The Balaban J connectivity index is 2.06. The van der Waals surface area contributed by atoms with E-state index >= 15 is 0 Å². The Morgan fingerprint density at radius 2 is 2.00 bits per heavy atom. The summed E-state index contributed by atoms with van der Waals surface area (Å²) in [6.45, 7) is 5.01. The van der Waals surface area contributed by atoms with E-state index in [1.807, 2.05) is 24.3 Å². The zero-order chi connectivity index (χ0) is 16.8. The summed E-state index contributed by atoms with van der Waals surface area (Å²) in [5, 5.41) is 14.4. The number of β-amino-alcohol motifs (C(OH)–C–C–N with tert-alkyl or cyclic N) is 1. The molecule has 5 nitrogen and oxygen atoms in total. The maximum atomic E-state index is 12.1. The second-order valence-electron chi connectivity index (χ2n) is 5.38. The van der Waals surface area contributed by atoms with Crippen molar-refractivity contribution >= 4 is 23.4 Å². The van der Waals surface area contributed by atoms with E-state index in [0.29, 0.717) is 11.3 Å². The van der Waals surface area contributed by atoms with Crippen LogP contribution in [0.2, 0.25) is 0 Å². The first-order valence-electron chi connectivity index (χ1n) is 7.74. The molecule has 23 heavy (non-hydrogen) atoms. The third-order valence-electron chi connectivity index (χ3n) is 3.80. The third kappa shape index (κ3) is 4.07. The van der Waals surface area contributed by atoms with Crippen LogP contribution in [0.25, 0.3) is 6.08 Å². The number of anilines is 1. The first-order valence-corrected chi connectivity index (χ1v) is 7.74. The van der Waals surface area contributed by atoms with E-state index in [-0.39, 0.29) is 19.1 Å². The lowest BCUT2D eigenvalue weighted by molar-refractivity contribution is -0.126. The van der Waals surface area contributed by atoms with Gasteiger partial charge in [-0.25, -0.2) is 5.01 Å². The summed E-state index contributed by atoms with van der Waals surface area (Å²) in [5.41, 5.74) is 3.49. The molecule has 1 aliphatic rings. The van der Waals surface area contributed by atoms with Gasteiger partial charge in [-0.05, 0) is 37.6 Å². The molecule has 0 saturated heterocycles. The van der Waals surface area contributed by atoms with Crippen LogP contribution in [0.3, 0.4) is 0 Å². The highest BCUT2D eigenvalue weighted by Crippen LogP contribution is 2.16. The molecule has 0 radical (unpaired) electrons. The lowest BCUT2D eigenvalue weighted by Crippen LogP contribution is -2.25. The predicted molar refractivity (Wildman–Crippen MR) is 94.4 cm³/mol. The first-order chi connectivity index (χ1) is 11.1. The normalized spacial score (nSPS) is 16.5. The number of amides is 1. The van der Waals surface area contributed by atoms with Crippen molar-refractivity contribution in [1.82, 2.24) is 5.01 Å². The molecule has 1 amide bonds. The molecule has 0 aromatic heterocycles. The van der Waals surface area contributed by atoms with Crippen LogP contribution in [0.5, 0.6) is 0 Å². The summed E-state index contributed by atoms with van der Waals surface area (Å²) in [7, 11) is 2.06. The Morgan fingerprint density at radius 3 is 2.61 bits per heavy atom. The van der Waals surface area contributed by atoms with Crippen molar-refractivity contribution in [2.45, 2.75) is 13.8 Å². The quantitative estimate of drug-likeness (QED) is 0.820. The lowest BCUT2D eigenvalue weighted by atomic mass is 10.1. The molecule has 0 aliphatic carbocycles. The van der Waals surface area contributed by atoms with Crippen molar-refractivity contribution in [3.63, 3.8) is 0 Å². The minimum absolute atomic E-state index is 0.0931. The standard InChI is InChI=1S/C18H23N3O2/c1-4-20(3)16-10-8-15(9-11-16)6-5-7-17-14(2)19-21(12-13-22)18(17)23/h5-11,22H,4,12-13H2,1-3H3/b6-5+,17-7-. The van der Waals surface area contributed by atoms with E-state index in [1.54, 1.807) is 13.0 Å². The Labute approximate surface area is 137 Å². The highest BCUT2D eigenvalue weighted by Gasteiger charge is 2.25. The number of hydrogen-bond donors (Lipinski definition) is 1. The number of hydrazone groups is 1. The number of aliphatic hydroxyl groups is 1. The molecule has 0 bridgehead atoms. The Kier molecular flexibility index (Phi) is 5.71. The van der Waals surface area contributed by atoms with Crippen molar-refractivity contribution < 1.29 is 9.90 Å². The summed E-state index contributed by atoms with van der Waals surface area (Å²) < 4.78 is 0. The van der Waals surface area contributed by atoms with Gasteiger partial charge in [0.05, 0.1) is 24.4 Å². The van der Waals surface area contributed by atoms with Crippen molar-refractivity contribution in [2.24, 2.45) is 5.10 Å². The number of benzene rings is 1. The summed E-state index contributed by atoms with van der Waals surface area (Å²) in [6.07, 6.45) is 5.58. The Hall–Kier alpha value is -2.40. The second kappa shape index (κ2) is 7.74. The summed E-state index contributed by atoms with van der Waals surface area (Å²) in [5.74, 6) is -0.166. The first kappa shape index (κ1) is 17.0. The fourth-order valence-corrected chi connectivity index (χ4v) is 2.29. The van der Waals surface area contributed by atoms with Crippen LogP contribution in [0.4, 0.5) is 5.69 Å². The summed E-state index contributed by atoms with van der Waals surface area (Å²) >= 11 is 0. The average molecular weight is 313 g/mol. The average Bonchev–Trinajstić information content (AvgIpc) is 2.82. The van der Waals surface area contributed by atoms with E-state index < -0.39 is 0 Å². The number of nitrogens with zero attached hydrogens (tertiary/aromatic N) is 3. The molecular formula is C18H23N3O2. The van der Waals surface area contributed by atoms with Gasteiger partial charge >= 0.3 is 0 Å². The van der Waals surface area contributed by atoms with Gasteiger partial charge in [0, 0.05) is 19.3 Å². The van der Waals surface area contributed by atoms with Gasteiger partial charge in [-0.15, -0.1) is 0 Å². The molecule has 0 fully saturated rings. The minimum atomic E-state index is -0.166. The van der Waals surface area contributed by atoms with E-state index in [2.05, 4.69) is 36.1 Å². The van der Waals surface area contributed by atoms with E-state index in [1.165, 1.54) is 10.7 Å². The molecule has 0 atom stereocenters. The van der Waals surface area contributed by atoms with Gasteiger partial charge in [-0.3, -0.25) is 4.79 Å². The molecule has 5 heteroatoms. The fraction of sp³-hybridized carbons (Fsp3) is 0.333. The zero-order valence-corrected chi connectivity index (χ0v) is 13.9. The van der Waals surface area contributed by atoms with E-state index in [0.717, 1.165) is 12.1 Å². The van der Waals surface area contributed by atoms with Crippen molar-refractivity contribution in [3.05, 3.63) is 47.6 Å². The van der Waals surface area contributed by atoms with E-state index in [9.17, 15) is 4.79 Å². The topological polar surface area (TPSA) is 56.1 Å². The molecular weight excluding hydrogens is 290 g/mol. The lowest BCUT2D eigenvalue weighted by Gasteiger charge is -2.16. The van der Waals surface area contributed by atoms with Gasteiger partial charge in [-0.1, -0.05) is 24.3 Å². The van der Waals surface area contributed by atoms with Crippen molar-refractivity contribution in [1.29, 1.82) is 0 Å². The van der Waals surface area contributed by atoms with Crippen LogP contribution in [0, 0.1) is 0 Å². The van der Waals surface area contributed by atoms with Gasteiger partial charge < -0.3 is 10.0 Å². The third-order valence-corrected chi connectivity index (χ3v) is 3.80. The molecule has 0 saturated carbocycles. The van der Waals surface area contributed by atoms with Gasteiger partial charge in [0.15, 0.2) is 0 Å². The van der Waals surface area contributed by atoms with Crippen LogP contribution < -0.4 is 4.90 Å². The van der Waals surface area contributed by atoms with Crippen LogP contribution >= 0.6 is 0 Å². The van der Waals surface area contributed by atoms with Crippen LogP contribution in [0.1, 0.15) is 19.4 Å². The van der Waals surface area contributed by atoms with Gasteiger partial charge in [0.2, 0.25) is 0 Å². The predicted octanol–water partition coefficient (Wildman–Crippen LogP) is 2.29. The smallest absolute Gasteiger partial charge is 0.275 e. The van der Waals surface area contributed by atoms with Crippen LogP contribution in [-0.2, 0) is 4.79 Å². The molecule has 1 heterocycles. The van der Waals surface area contributed by atoms with Gasteiger partial charge in [0.25, 0.3) is 5.91 Å². The number of aliphatic hydroxyl groups excluding tert-OH is 1. The molecule has 0 unspecified atom stereocenters. The highest BCUT2D eigenvalue weighted by molar-refractivity contribution is 6.24. The molecule has 1 aromatic carbocycles. The number of carbonyl (C=O) groups is 1. The number of rotatable bonds is 6. The fourth-order valence-electron chi connectivity index (χ4n) is 2.29. The number of carbonyl (C=O) groups excluding carboxylic acids is 1. The minimum Gasteiger partial charge on any atom is -0.394 e. The molecule has 2 rings (SSSR count). The Bertz CT molecular complexity index is 645. The zero-order valence-electron chi connectivity index (χ0n) is 13.9. The second-order valence-corrected chi connectivity index (χ2v) is 5.38. The van der Waals surface area contributed by atoms with Crippen LogP contribution in [-0.4, -0.2) is 48.5 Å². The highest BCUT2D eigenvalue weighted by atomic mass is 16.3. The molecule has 1 aliphatic heterocycles. The molecule has 122 valence electrons. The molecule has 1 aromatic rings. The Morgan fingerprint density at radius 1 is 1.30 bits per heavy atom. The van der Waals surface area contributed by atoms with Gasteiger partial charge in [-0.2, -0.15) is 5.10 Å². The SMILES string of the molecule is CCN(C)c1ccc(/C=C/C=C2\C(=O)N(CCO)N=C2C)cc1. The summed E-state index contributed by atoms with van der Waals surface area (Å²) in [4.78, 5) is 14.3. The van der Waals surface area contributed by atoms with Crippen LogP contribution in [0.15, 0.2) is 47.1 Å². The van der Waals surface area contributed by atoms with Gasteiger partial charge in [0.1, 0.15) is 0 Å². The maximum absolute atomic E-state index is 12.1. The molecule has 0 spiro atoms. The maximum Gasteiger partial charge on any atom is 0.275 e.